The van der Waals surface area contributed by atoms with Crippen LogP contribution in [0.3, 0.4) is 0 Å². The van der Waals surface area contributed by atoms with Crippen LogP contribution >= 0.6 is 11.6 Å². The molecule has 1 nitrogen and oxygen atoms in total. The number of rotatable bonds is 3. The summed E-state index contributed by atoms with van der Waals surface area (Å²) < 4.78 is 11.9. The first-order chi connectivity index (χ1) is 3.66. The van der Waals surface area contributed by atoms with Gasteiger partial charge in [0, 0.05) is 12.3 Å². The monoisotopic (exact) mass is 140 g/mol. The van der Waals surface area contributed by atoms with Gasteiger partial charge < -0.3 is 5.11 Å². The fraction of sp³-hybridized carbons (Fsp3) is 1.00. The van der Waals surface area contributed by atoms with Crippen molar-refractivity contribution in [3.05, 3.63) is 0 Å². The standard InChI is InChI=1S/C5H10ClFO/c1-4(7)2-5(8)3-6/h4-5,8H,2-3H2,1H3. The molecule has 3 heteroatoms. The van der Waals surface area contributed by atoms with E-state index < -0.39 is 12.3 Å². The molecule has 50 valence electrons. The quantitative estimate of drug-likeness (QED) is 0.587. The van der Waals surface area contributed by atoms with Crippen LogP contribution in [0.2, 0.25) is 0 Å². The Morgan fingerprint density at radius 2 is 2.25 bits per heavy atom. The van der Waals surface area contributed by atoms with Crippen molar-refractivity contribution in [2.75, 3.05) is 5.88 Å². The highest BCUT2D eigenvalue weighted by Crippen LogP contribution is 2.01. The lowest BCUT2D eigenvalue weighted by Crippen LogP contribution is -2.13. The zero-order valence-corrected chi connectivity index (χ0v) is 5.53. The molecular weight excluding hydrogens is 131 g/mol. The van der Waals surface area contributed by atoms with E-state index in [-0.39, 0.29) is 12.3 Å². The SMILES string of the molecule is CC(F)CC(O)CCl. The molecule has 0 bridgehead atoms. The van der Waals surface area contributed by atoms with Gasteiger partial charge in [-0.1, -0.05) is 0 Å². The van der Waals surface area contributed by atoms with Gasteiger partial charge in [-0.05, 0) is 6.92 Å². The highest BCUT2D eigenvalue weighted by atomic mass is 35.5. The van der Waals surface area contributed by atoms with E-state index in [9.17, 15) is 4.39 Å². The van der Waals surface area contributed by atoms with Crippen molar-refractivity contribution in [2.45, 2.75) is 25.6 Å². The third kappa shape index (κ3) is 4.34. The van der Waals surface area contributed by atoms with Gasteiger partial charge in [-0.2, -0.15) is 0 Å². The number of aliphatic hydroxyl groups is 1. The van der Waals surface area contributed by atoms with Crippen molar-refractivity contribution < 1.29 is 9.50 Å². The van der Waals surface area contributed by atoms with Crippen molar-refractivity contribution in [1.29, 1.82) is 0 Å². The second-order valence-electron chi connectivity index (χ2n) is 1.82. The predicted molar refractivity (Wildman–Crippen MR) is 31.9 cm³/mol. The molecule has 1 N–H and O–H groups in total. The Morgan fingerprint density at radius 1 is 1.75 bits per heavy atom. The fourth-order valence-electron chi connectivity index (χ4n) is 0.438. The number of hydrogen-bond acceptors (Lipinski definition) is 1. The average Bonchev–Trinajstić information content (AvgIpc) is 1.65. The first-order valence-corrected chi connectivity index (χ1v) is 3.08. The highest BCUT2D eigenvalue weighted by Gasteiger charge is 2.06. The van der Waals surface area contributed by atoms with E-state index in [1.165, 1.54) is 6.92 Å². The van der Waals surface area contributed by atoms with Crippen LogP contribution in [0.25, 0.3) is 0 Å². The average molecular weight is 141 g/mol. The summed E-state index contributed by atoms with van der Waals surface area (Å²) in [6, 6.07) is 0. The van der Waals surface area contributed by atoms with Gasteiger partial charge in [-0.25, -0.2) is 4.39 Å². The Bertz CT molecular complexity index is 58.4. The molecule has 0 aliphatic carbocycles. The van der Waals surface area contributed by atoms with E-state index in [1.807, 2.05) is 0 Å². The van der Waals surface area contributed by atoms with Crippen molar-refractivity contribution >= 4 is 11.6 Å². The van der Waals surface area contributed by atoms with Crippen LogP contribution in [-0.2, 0) is 0 Å². The summed E-state index contributed by atoms with van der Waals surface area (Å²) in [7, 11) is 0. The minimum absolute atomic E-state index is 0.119. The molecule has 0 aromatic rings. The Hall–Kier alpha value is 0.180. The van der Waals surface area contributed by atoms with Crippen molar-refractivity contribution in [1.82, 2.24) is 0 Å². The molecule has 0 aliphatic rings. The minimum atomic E-state index is -0.955. The molecule has 0 spiro atoms. The molecule has 0 fully saturated rings. The molecule has 0 rings (SSSR count). The Labute approximate surface area is 53.5 Å². The molecule has 8 heavy (non-hydrogen) atoms. The molecule has 0 aromatic carbocycles. The van der Waals surface area contributed by atoms with E-state index in [0.29, 0.717) is 0 Å². The summed E-state index contributed by atoms with van der Waals surface area (Å²) in [6.07, 6.45) is -1.50. The molecule has 0 saturated heterocycles. The van der Waals surface area contributed by atoms with Crippen molar-refractivity contribution in [3.8, 4) is 0 Å². The Balaban J connectivity index is 3.10. The lowest BCUT2D eigenvalue weighted by Gasteiger charge is -2.05. The van der Waals surface area contributed by atoms with Gasteiger partial charge in [-0.3, -0.25) is 0 Å². The van der Waals surface area contributed by atoms with Gasteiger partial charge in [0.05, 0.1) is 12.3 Å². The zero-order chi connectivity index (χ0) is 6.57. The molecular formula is C5H10ClFO. The van der Waals surface area contributed by atoms with Crippen LogP contribution < -0.4 is 0 Å². The van der Waals surface area contributed by atoms with Crippen molar-refractivity contribution in [2.24, 2.45) is 0 Å². The summed E-state index contributed by atoms with van der Waals surface area (Å²) in [5.41, 5.74) is 0. The first-order valence-electron chi connectivity index (χ1n) is 2.55. The molecule has 0 saturated carbocycles. The van der Waals surface area contributed by atoms with Crippen LogP contribution in [0.4, 0.5) is 4.39 Å². The van der Waals surface area contributed by atoms with Gasteiger partial charge in [0.1, 0.15) is 0 Å². The molecule has 0 radical (unpaired) electrons. The summed E-state index contributed by atoms with van der Waals surface area (Å²) in [5.74, 6) is 0.119. The smallest absolute Gasteiger partial charge is 0.0998 e. The van der Waals surface area contributed by atoms with Gasteiger partial charge in [0.15, 0.2) is 0 Å². The number of hydrogen-bond donors (Lipinski definition) is 1. The van der Waals surface area contributed by atoms with Gasteiger partial charge in [0.2, 0.25) is 0 Å². The Kier molecular flexibility index (Phi) is 4.19. The van der Waals surface area contributed by atoms with Crippen LogP contribution in [0.15, 0.2) is 0 Å². The maximum Gasteiger partial charge on any atom is 0.0998 e. The van der Waals surface area contributed by atoms with Crippen LogP contribution in [0, 0.1) is 0 Å². The third-order valence-electron chi connectivity index (χ3n) is 0.775. The second kappa shape index (κ2) is 4.10. The largest absolute Gasteiger partial charge is 0.392 e. The molecule has 0 aliphatic heterocycles. The maximum atomic E-state index is 11.9. The maximum absolute atomic E-state index is 11.9. The summed E-state index contributed by atoms with van der Waals surface area (Å²) in [5, 5.41) is 8.66. The molecule has 0 aromatic heterocycles. The van der Waals surface area contributed by atoms with E-state index in [4.69, 9.17) is 16.7 Å². The predicted octanol–water partition coefficient (Wildman–Crippen LogP) is 1.33. The molecule has 2 atom stereocenters. The van der Waals surface area contributed by atoms with Crippen molar-refractivity contribution in [3.63, 3.8) is 0 Å². The van der Waals surface area contributed by atoms with Crippen LogP contribution in [0.1, 0.15) is 13.3 Å². The molecule has 2 unspecified atom stereocenters. The summed E-state index contributed by atoms with van der Waals surface area (Å²) in [4.78, 5) is 0. The number of halogens is 2. The normalized spacial score (nSPS) is 18.0. The van der Waals surface area contributed by atoms with Gasteiger partial charge in [0.25, 0.3) is 0 Å². The molecule has 0 amide bonds. The van der Waals surface area contributed by atoms with Crippen LogP contribution in [0.5, 0.6) is 0 Å². The lowest BCUT2D eigenvalue weighted by molar-refractivity contribution is 0.151. The van der Waals surface area contributed by atoms with E-state index in [2.05, 4.69) is 0 Å². The second-order valence-corrected chi connectivity index (χ2v) is 2.13. The van der Waals surface area contributed by atoms with E-state index in [0.717, 1.165) is 0 Å². The summed E-state index contributed by atoms with van der Waals surface area (Å²) in [6.45, 7) is 1.40. The summed E-state index contributed by atoms with van der Waals surface area (Å²) >= 11 is 5.18. The zero-order valence-electron chi connectivity index (χ0n) is 4.77. The topological polar surface area (TPSA) is 20.2 Å². The highest BCUT2D eigenvalue weighted by molar-refractivity contribution is 6.18. The van der Waals surface area contributed by atoms with Gasteiger partial charge >= 0.3 is 0 Å². The van der Waals surface area contributed by atoms with Gasteiger partial charge in [-0.15, -0.1) is 11.6 Å². The number of alkyl halides is 2. The van der Waals surface area contributed by atoms with E-state index in [1.54, 1.807) is 0 Å². The molecule has 0 heterocycles. The lowest BCUT2D eigenvalue weighted by atomic mass is 10.2. The number of aliphatic hydroxyl groups excluding tert-OH is 1. The van der Waals surface area contributed by atoms with E-state index >= 15 is 0 Å². The third-order valence-corrected chi connectivity index (χ3v) is 1.13. The van der Waals surface area contributed by atoms with Crippen LogP contribution in [-0.4, -0.2) is 23.3 Å². The first kappa shape index (κ1) is 8.18. The minimum Gasteiger partial charge on any atom is -0.392 e. The Morgan fingerprint density at radius 3 is 2.38 bits per heavy atom. The fourth-order valence-corrected chi connectivity index (χ4v) is 0.564.